The minimum atomic E-state index is -0.0622. The number of fused-ring (bicyclic) bond motifs is 1. The molecule has 0 unspecified atom stereocenters. The second kappa shape index (κ2) is 9.29. The average Bonchev–Trinajstić information content (AvgIpc) is 3.38. The minimum absolute atomic E-state index is 0.0622. The van der Waals surface area contributed by atoms with Gasteiger partial charge in [0.15, 0.2) is 5.13 Å². The van der Waals surface area contributed by atoms with Gasteiger partial charge in [0.05, 0.1) is 30.0 Å². The summed E-state index contributed by atoms with van der Waals surface area (Å²) in [5.74, 6) is 0.747. The number of nitrogens with zero attached hydrogens (tertiary/aromatic N) is 6. The molecule has 0 saturated carbocycles. The van der Waals surface area contributed by atoms with E-state index in [9.17, 15) is 4.79 Å². The number of anilines is 1. The Balaban J connectivity index is 1.55. The molecule has 0 radical (unpaired) electrons. The van der Waals surface area contributed by atoms with Gasteiger partial charge in [-0.25, -0.2) is 14.6 Å². The summed E-state index contributed by atoms with van der Waals surface area (Å²) >= 11 is 1.50. The first-order valence-corrected chi connectivity index (χ1v) is 10.5. The smallest absolute Gasteiger partial charge is 0.250 e. The Morgan fingerprint density at radius 3 is 2.97 bits per heavy atom. The van der Waals surface area contributed by atoms with Gasteiger partial charge < -0.3 is 9.47 Å². The molecule has 1 aliphatic heterocycles. The van der Waals surface area contributed by atoms with Crippen molar-refractivity contribution >= 4 is 32.6 Å². The Bertz CT molecular complexity index is 939. The van der Waals surface area contributed by atoms with Gasteiger partial charge in [-0.1, -0.05) is 11.3 Å². The van der Waals surface area contributed by atoms with Crippen LogP contribution in [0.15, 0.2) is 30.9 Å². The van der Waals surface area contributed by atoms with Crippen LogP contribution in [0.2, 0.25) is 0 Å². The molecule has 1 saturated heterocycles. The van der Waals surface area contributed by atoms with E-state index in [1.54, 1.807) is 11.2 Å². The molecule has 0 N–H and O–H groups in total. The van der Waals surface area contributed by atoms with Crippen LogP contribution in [-0.2, 0) is 16.1 Å². The van der Waals surface area contributed by atoms with Crippen LogP contribution < -0.4 is 9.64 Å². The van der Waals surface area contributed by atoms with E-state index >= 15 is 0 Å². The van der Waals surface area contributed by atoms with Gasteiger partial charge in [0.2, 0.25) is 0 Å². The number of amides is 1. The minimum Gasteiger partial charge on any atom is -0.494 e. The van der Waals surface area contributed by atoms with Crippen molar-refractivity contribution in [3.8, 4) is 5.75 Å². The molecular weight excluding hydrogens is 392 g/mol. The Labute approximate surface area is 172 Å². The molecule has 29 heavy (non-hydrogen) atoms. The molecule has 2 aromatic heterocycles. The van der Waals surface area contributed by atoms with Crippen LogP contribution in [-0.4, -0.2) is 76.6 Å². The Morgan fingerprint density at radius 1 is 1.34 bits per heavy atom. The lowest BCUT2D eigenvalue weighted by Crippen LogP contribution is -2.44. The van der Waals surface area contributed by atoms with Crippen molar-refractivity contribution in [1.29, 1.82) is 0 Å². The first kappa shape index (κ1) is 19.7. The van der Waals surface area contributed by atoms with Crippen molar-refractivity contribution in [2.24, 2.45) is 0 Å². The van der Waals surface area contributed by atoms with Crippen molar-refractivity contribution in [1.82, 2.24) is 24.6 Å². The quantitative estimate of drug-likeness (QED) is 0.552. The molecule has 0 bridgehead atoms. The molecule has 0 spiro atoms. The highest BCUT2D eigenvalue weighted by atomic mass is 32.1. The maximum absolute atomic E-state index is 13.1. The highest BCUT2D eigenvalue weighted by Gasteiger charge is 2.22. The van der Waals surface area contributed by atoms with E-state index < -0.39 is 0 Å². The normalized spacial score (nSPS) is 14.9. The van der Waals surface area contributed by atoms with E-state index in [0.717, 1.165) is 48.8 Å². The Morgan fingerprint density at radius 2 is 2.21 bits per heavy atom. The average molecular weight is 417 g/mol. The van der Waals surface area contributed by atoms with E-state index in [1.807, 2.05) is 25.1 Å². The topological polar surface area (TPSA) is 85.6 Å². The van der Waals surface area contributed by atoms with E-state index in [4.69, 9.17) is 14.5 Å². The zero-order valence-electron chi connectivity index (χ0n) is 16.4. The number of morpholine rings is 1. The molecule has 10 heteroatoms. The van der Waals surface area contributed by atoms with Gasteiger partial charge in [0.25, 0.3) is 5.91 Å². The molecule has 3 aromatic rings. The maximum Gasteiger partial charge on any atom is 0.250 e. The van der Waals surface area contributed by atoms with E-state index in [1.165, 1.54) is 22.3 Å². The Hall–Kier alpha value is -2.56. The van der Waals surface area contributed by atoms with Crippen molar-refractivity contribution < 1.29 is 14.3 Å². The third-order valence-corrected chi connectivity index (χ3v) is 5.74. The van der Waals surface area contributed by atoms with Gasteiger partial charge in [0, 0.05) is 26.2 Å². The van der Waals surface area contributed by atoms with Crippen LogP contribution >= 0.6 is 11.3 Å². The molecule has 9 nitrogen and oxygen atoms in total. The van der Waals surface area contributed by atoms with Crippen molar-refractivity contribution in [2.45, 2.75) is 13.5 Å². The number of thiazole rings is 1. The summed E-state index contributed by atoms with van der Waals surface area (Å²) in [5, 5.41) is 4.74. The number of carbonyl (C=O) groups excluding carboxylic acids is 1. The molecule has 1 aromatic carbocycles. The van der Waals surface area contributed by atoms with Gasteiger partial charge in [-0.2, -0.15) is 5.10 Å². The largest absolute Gasteiger partial charge is 0.494 e. The predicted octanol–water partition coefficient (Wildman–Crippen LogP) is 1.65. The summed E-state index contributed by atoms with van der Waals surface area (Å²) in [6.07, 6.45) is 2.98. The summed E-state index contributed by atoms with van der Waals surface area (Å²) in [4.78, 5) is 25.8. The van der Waals surface area contributed by atoms with E-state index in [0.29, 0.717) is 18.3 Å². The number of benzene rings is 1. The van der Waals surface area contributed by atoms with Crippen LogP contribution in [0.3, 0.4) is 0 Å². The summed E-state index contributed by atoms with van der Waals surface area (Å²) in [6.45, 7) is 7.24. The van der Waals surface area contributed by atoms with Crippen LogP contribution in [0.25, 0.3) is 10.2 Å². The van der Waals surface area contributed by atoms with Gasteiger partial charge in [-0.3, -0.25) is 14.6 Å². The molecule has 1 fully saturated rings. The molecule has 4 rings (SSSR count). The van der Waals surface area contributed by atoms with Crippen molar-refractivity contribution in [2.75, 3.05) is 50.9 Å². The van der Waals surface area contributed by atoms with Crippen molar-refractivity contribution in [3.63, 3.8) is 0 Å². The maximum atomic E-state index is 13.1. The number of ether oxygens (including phenoxy) is 2. The van der Waals surface area contributed by atoms with Gasteiger partial charge >= 0.3 is 0 Å². The molecule has 0 aliphatic carbocycles. The van der Waals surface area contributed by atoms with Crippen LogP contribution in [0, 0.1) is 0 Å². The third kappa shape index (κ3) is 4.89. The molecule has 3 heterocycles. The molecule has 154 valence electrons. The van der Waals surface area contributed by atoms with Crippen molar-refractivity contribution in [3.05, 3.63) is 30.9 Å². The third-order valence-electron chi connectivity index (χ3n) is 4.70. The number of carbonyl (C=O) groups is 1. The van der Waals surface area contributed by atoms with Gasteiger partial charge in [-0.15, -0.1) is 0 Å². The monoisotopic (exact) mass is 416 g/mol. The number of hydrogen-bond donors (Lipinski definition) is 0. The summed E-state index contributed by atoms with van der Waals surface area (Å²) in [5.41, 5.74) is 0.860. The number of rotatable bonds is 8. The second-order valence-corrected chi connectivity index (χ2v) is 7.66. The SMILES string of the molecule is CCOc1ccc2nc(N(CCN3CCOCC3)C(=O)Cn3cncn3)sc2c1. The lowest BCUT2D eigenvalue weighted by molar-refractivity contribution is -0.119. The second-order valence-electron chi connectivity index (χ2n) is 6.65. The lowest BCUT2D eigenvalue weighted by Gasteiger charge is -2.29. The van der Waals surface area contributed by atoms with Crippen LogP contribution in [0.5, 0.6) is 5.75 Å². The number of aromatic nitrogens is 4. The zero-order valence-corrected chi connectivity index (χ0v) is 17.2. The molecular formula is C19H24N6O3S. The van der Waals surface area contributed by atoms with Gasteiger partial charge in [0.1, 0.15) is 24.9 Å². The summed E-state index contributed by atoms with van der Waals surface area (Å²) < 4.78 is 13.5. The fourth-order valence-corrected chi connectivity index (χ4v) is 4.23. The standard InChI is InChI=1S/C19H24N6O3S/c1-2-28-15-3-4-16-17(11-15)29-19(22-16)25(6-5-23-7-9-27-10-8-23)18(26)12-24-14-20-13-21-24/h3-4,11,13-14H,2,5-10,12H2,1H3. The van der Waals surface area contributed by atoms with E-state index in [-0.39, 0.29) is 12.5 Å². The summed E-state index contributed by atoms with van der Waals surface area (Å²) in [6, 6.07) is 5.81. The van der Waals surface area contributed by atoms with Crippen LogP contribution in [0.1, 0.15) is 6.92 Å². The molecule has 1 aliphatic rings. The fourth-order valence-electron chi connectivity index (χ4n) is 3.20. The van der Waals surface area contributed by atoms with Crippen LogP contribution in [0.4, 0.5) is 5.13 Å². The molecule has 1 amide bonds. The zero-order chi connectivity index (χ0) is 20.1. The Kier molecular flexibility index (Phi) is 6.33. The molecule has 0 atom stereocenters. The summed E-state index contributed by atoms with van der Waals surface area (Å²) in [7, 11) is 0. The lowest BCUT2D eigenvalue weighted by atomic mass is 10.3. The number of hydrogen-bond acceptors (Lipinski definition) is 8. The van der Waals surface area contributed by atoms with Gasteiger partial charge in [-0.05, 0) is 25.1 Å². The first-order valence-electron chi connectivity index (χ1n) is 9.69. The first-order chi connectivity index (χ1) is 14.2. The predicted molar refractivity (Wildman–Crippen MR) is 110 cm³/mol. The fraction of sp³-hybridized carbons (Fsp3) is 0.474. The highest BCUT2D eigenvalue weighted by molar-refractivity contribution is 7.22. The highest BCUT2D eigenvalue weighted by Crippen LogP contribution is 2.31. The van der Waals surface area contributed by atoms with E-state index in [2.05, 4.69) is 15.0 Å².